The van der Waals surface area contributed by atoms with Crippen molar-refractivity contribution >= 4 is 0 Å². The lowest BCUT2D eigenvalue weighted by Crippen LogP contribution is -2.59. The zero-order valence-corrected chi connectivity index (χ0v) is 10.0. The van der Waals surface area contributed by atoms with Crippen molar-refractivity contribution in [1.29, 1.82) is 0 Å². The molecule has 0 saturated carbocycles. The van der Waals surface area contributed by atoms with Gasteiger partial charge < -0.3 is 9.47 Å². The zero-order chi connectivity index (χ0) is 10.9. The molecule has 1 spiro atoms. The van der Waals surface area contributed by atoms with Gasteiger partial charge >= 0.3 is 0 Å². The summed E-state index contributed by atoms with van der Waals surface area (Å²) in [4.78, 5) is 0. The van der Waals surface area contributed by atoms with Crippen LogP contribution in [0.2, 0.25) is 0 Å². The van der Waals surface area contributed by atoms with E-state index in [1.807, 2.05) is 0 Å². The summed E-state index contributed by atoms with van der Waals surface area (Å²) >= 11 is 0. The van der Waals surface area contributed by atoms with Gasteiger partial charge in [0.25, 0.3) is 0 Å². The fourth-order valence-corrected chi connectivity index (χ4v) is 3.86. The number of allylic oxidation sites excluding steroid dienone is 1. The fraction of sp³-hybridized carbons (Fsp3) is 0.846. The summed E-state index contributed by atoms with van der Waals surface area (Å²) in [7, 11) is 0. The molecule has 2 aliphatic heterocycles. The molecule has 0 aromatic rings. The predicted molar refractivity (Wildman–Crippen MR) is 58.7 cm³/mol. The molecule has 2 heteroatoms. The molecule has 2 saturated heterocycles. The van der Waals surface area contributed by atoms with Gasteiger partial charge in [0.2, 0.25) is 0 Å². The second-order valence-electron chi connectivity index (χ2n) is 6.10. The van der Waals surface area contributed by atoms with Crippen molar-refractivity contribution in [1.82, 2.24) is 0 Å². The molecule has 0 aromatic heterocycles. The van der Waals surface area contributed by atoms with Crippen LogP contribution in [0.5, 0.6) is 0 Å². The maximum Gasteiger partial charge on any atom is 0.132 e. The molecule has 0 aromatic carbocycles. The molecule has 1 aliphatic carbocycles. The Balaban J connectivity index is 2.08. The Morgan fingerprint density at radius 1 is 1.20 bits per heavy atom. The average molecular weight is 208 g/mol. The van der Waals surface area contributed by atoms with E-state index in [0.717, 1.165) is 12.8 Å². The molecule has 84 valence electrons. The van der Waals surface area contributed by atoms with Crippen molar-refractivity contribution in [2.45, 2.75) is 63.9 Å². The van der Waals surface area contributed by atoms with Crippen molar-refractivity contribution in [3.63, 3.8) is 0 Å². The number of hydrogen-bond acceptors (Lipinski definition) is 2. The Morgan fingerprint density at radius 3 is 2.67 bits per heavy atom. The standard InChI is InChI=1S/C13H20O2/c1-9-8-10-13(15-10)11(2,3)6-5-7-12(13,4)14-9/h5,7,9-10H,6,8H2,1-4H3/t9-,10+,12+,13-/m1/s1. The average Bonchev–Trinajstić information content (AvgIpc) is 2.77. The topological polar surface area (TPSA) is 21.8 Å². The molecule has 0 amide bonds. The third-order valence-electron chi connectivity index (χ3n) is 4.52. The van der Waals surface area contributed by atoms with Crippen LogP contribution in [-0.2, 0) is 9.47 Å². The lowest BCUT2D eigenvalue weighted by molar-refractivity contribution is -0.137. The lowest BCUT2D eigenvalue weighted by Gasteiger charge is -2.49. The maximum atomic E-state index is 6.15. The molecule has 3 rings (SSSR count). The summed E-state index contributed by atoms with van der Waals surface area (Å²) in [6.45, 7) is 8.93. The van der Waals surface area contributed by atoms with Crippen LogP contribution in [0.4, 0.5) is 0 Å². The van der Waals surface area contributed by atoms with E-state index in [4.69, 9.17) is 9.47 Å². The summed E-state index contributed by atoms with van der Waals surface area (Å²) in [6, 6.07) is 0. The third kappa shape index (κ3) is 0.974. The monoisotopic (exact) mass is 208 g/mol. The molecule has 0 unspecified atom stereocenters. The van der Waals surface area contributed by atoms with Gasteiger partial charge in [0.05, 0.1) is 12.2 Å². The first kappa shape index (κ1) is 9.86. The highest BCUT2D eigenvalue weighted by molar-refractivity contribution is 5.32. The highest BCUT2D eigenvalue weighted by Crippen LogP contribution is 2.65. The fourth-order valence-electron chi connectivity index (χ4n) is 3.86. The van der Waals surface area contributed by atoms with Crippen LogP contribution in [0.3, 0.4) is 0 Å². The van der Waals surface area contributed by atoms with E-state index in [-0.39, 0.29) is 16.6 Å². The number of rotatable bonds is 0. The van der Waals surface area contributed by atoms with Crippen molar-refractivity contribution in [3.05, 3.63) is 12.2 Å². The van der Waals surface area contributed by atoms with Gasteiger partial charge in [-0.25, -0.2) is 0 Å². The molecule has 3 aliphatic rings. The first-order valence-corrected chi connectivity index (χ1v) is 5.95. The molecule has 4 atom stereocenters. The zero-order valence-electron chi connectivity index (χ0n) is 10.0. The number of ether oxygens (including phenoxy) is 2. The summed E-state index contributed by atoms with van der Waals surface area (Å²) in [6.07, 6.45) is 7.33. The van der Waals surface area contributed by atoms with Gasteiger partial charge in [-0.1, -0.05) is 26.0 Å². The van der Waals surface area contributed by atoms with Gasteiger partial charge in [0.1, 0.15) is 11.2 Å². The lowest BCUT2D eigenvalue weighted by atomic mass is 9.61. The molecule has 0 bridgehead atoms. The Morgan fingerprint density at radius 2 is 1.93 bits per heavy atom. The third-order valence-corrected chi connectivity index (χ3v) is 4.52. The van der Waals surface area contributed by atoms with Crippen molar-refractivity contribution < 1.29 is 9.47 Å². The summed E-state index contributed by atoms with van der Waals surface area (Å²) in [5, 5.41) is 0. The quantitative estimate of drug-likeness (QED) is 0.451. The Labute approximate surface area is 91.6 Å². The van der Waals surface area contributed by atoms with Gasteiger partial charge in [-0.05, 0) is 20.3 Å². The molecule has 15 heavy (non-hydrogen) atoms. The van der Waals surface area contributed by atoms with Crippen LogP contribution in [0.1, 0.15) is 40.5 Å². The van der Waals surface area contributed by atoms with E-state index in [2.05, 4.69) is 39.8 Å². The molecule has 2 heterocycles. The van der Waals surface area contributed by atoms with Crippen LogP contribution < -0.4 is 0 Å². The van der Waals surface area contributed by atoms with E-state index in [9.17, 15) is 0 Å². The van der Waals surface area contributed by atoms with Crippen molar-refractivity contribution in [2.75, 3.05) is 0 Å². The summed E-state index contributed by atoms with van der Waals surface area (Å²) in [5.74, 6) is 0. The van der Waals surface area contributed by atoms with Gasteiger partial charge in [0.15, 0.2) is 0 Å². The van der Waals surface area contributed by atoms with E-state index in [1.54, 1.807) is 0 Å². The second kappa shape index (κ2) is 2.49. The summed E-state index contributed by atoms with van der Waals surface area (Å²) < 4.78 is 12.2. The molecule has 0 radical (unpaired) electrons. The Bertz CT molecular complexity index is 333. The number of hydrogen-bond donors (Lipinski definition) is 0. The SMILES string of the molecule is C[C@@H]1C[C@@H]2O[C@@]23C(C)(C)CC=C[C@]3(C)O1. The smallest absolute Gasteiger partial charge is 0.132 e. The van der Waals surface area contributed by atoms with E-state index >= 15 is 0 Å². The molecule has 2 nitrogen and oxygen atoms in total. The van der Waals surface area contributed by atoms with Gasteiger partial charge in [-0.2, -0.15) is 0 Å². The van der Waals surface area contributed by atoms with Crippen LogP contribution >= 0.6 is 0 Å². The number of epoxide rings is 1. The minimum Gasteiger partial charge on any atom is -0.365 e. The Kier molecular flexibility index (Phi) is 1.64. The minimum atomic E-state index is -0.211. The predicted octanol–water partition coefficient (Wildman–Crippen LogP) is 2.68. The molecule has 2 fully saturated rings. The maximum absolute atomic E-state index is 6.15. The Hall–Kier alpha value is -0.340. The van der Waals surface area contributed by atoms with Gasteiger partial charge in [-0.15, -0.1) is 0 Å². The van der Waals surface area contributed by atoms with Crippen molar-refractivity contribution in [2.24, 2.45) is 5.41 Å². The highest BCUT2D eigenvalue weighted by atomic mass is 16.7. The van der Waals surface area contributed by atoms with E-state index in [0.29, 0.717) is 12.2 Å². The van der Waals surface area contributed by atoms with Crippen LogP contribution in [-0.4, -0.2) is 23.4 Å². The molecular weight excluding hydrogens is 188 g/mol. The first-order valence-electron chi connectivity index (χ1n) is 5.95. The highest BCUT2D eigenvalue weighted by Gasteiger charge is 2.76. The van der Waals surface area contributed by atoms with Gasteiger partial charge in [0, 0.05) is 11.8 Å². The van der Waals surface area contributed by atoms with E-state index in [1.165, 1.54) is 0 Å². The molecular formula is C13H20O2. The normalized spacial score (nSPS) is 55.7. The van der Waals surface area contributed by atoms with Crippen LogP contribution in [0.15, 0.2) is 12.2 Å². The van der Waals surface area contributed by atoms with E-state index < -0.39 is 0 Å². The summed E-state index contributed by atoms with van der Waals surface area (Å²) in [5.41, 5.74) is -0.0698. The first-order chi connectivity index (χ1) is 6.91. The molecule has 0 N–H and O–H groups in total. The minimum absolute atomic E-state index is 0.0543. The second-order valence-corrected chi connectivity index (χ2v) is 6.10. The van der Waals surface area contributed by atoms with Crippen molar-refractivity contribution in [3.8, 4) is 0 Å². The van der Waals surface area contributed by atoms with Crippen LogP contribution in [0.25, 0.3) is 0 Å². The van der Waals surface area contributed by atoms with Crippen LogP contribution in [0, 0.1) is 5.41 Å². The van der Waals surface area contributed by atoms with Gasteiger partial charge in [-0.3, -0.25) is 0 Å². The largest absolute Gasteiger partial charge is 0.365 e.